The molecule has 2 aliphatic heterocycles. The maximum Gasteiger partial charge on any atom is 0.229 e. The second-order valence-electron chi connectivity index (χ2n) is 10.8. The molecule has 0 radical (unpaired) electrons. The lowest BCUT2D eigenvalue weighted by Crippen LogP contribution is -2.56. The van der Waals surface area contributed by atoms with Crippen molar-refractivity contribution in [2.45, 2.75) is 49.7 Å². The number of amides is 1. The number of carbonyl (C=O) groups excluding carboxylic acids is 1. The number of hydrogen-bond acceptors (Lipinski definition) is 6. The van der Waals surface area contributed by atoms with Crippen LogP contribution in [0.3, 0.4) is 0 Å². The number of fused-ring (bicyclic) bond motifs is 1. The van der Waals surface area contributed by atoms with Gasteiger partial charge in [0.2, 0.25) is 5.91 Å². The molecule has 0 bridgehead atoms. The highest BCUT2D eigenvalue weighted by Gasteiger charge is 2.46. The number of rotatable bonds is 5. The third kappa shape index (κ3) is 4.72. The zero-order chi connectivity index (χ0) is 25.7. The summed E-state index contributed by atoms with van der Waals surface area (Å²) in [4.78, 5) is 23.8. The monoisotopic (exact) mass is 524 g/mol. The van der Waals surface area contributed by atoms with Crippen molar-refractivity contribution < 1.29 is 19.0 Å². The molecule has 1 aromatic carbocycles. The van der Waals surface area contributed by atoms with E-state index in [0.29, 0.717) is 37.1 Å². The summed E-state index contributed by atoms with van der Waals surface area (Å²) in [5.74, 6) is 0.0350. The summed E-state index contributed by atoms with van der Waals surface area (Å²) in [6.07, 6.45) is 5.23. The molecule has 0 unspecified atom stereocenters. The number of anilines is 1. The van der Waals surface area contributed by atoms with E-state index in [1.165, 1.54) is 18.3 Å². The Morgan fingerprint density at radius 1 is 1.22 bits per heavy atom. The van der Waals surface area contributed by atoms with Crippen molar-refractivity contribution in [3.05, 3.63) is 64.8 Å². The van der Waals surface area contributed by atoms with Gasteiger partial charge >= 0.3 is 0 Å². The summed E-state index contributed by atoms with van der Waals surface area (Å²) in [5, 5.41) is 15.9. The van der Waals surface area contributed by atoms with Crippen LogP contribution >= 0.6 is 11.6 Å². The Hall–Kier alpha value is -2.65. The number of likely N-dealkylation sites (tertiary alicyclic amines) is 1. The number of ether oxygens (including phenoxy) is 1. The predicted octanol–water partition coefficient (Wildman–Crippen LogP) is 4.49. The Morgan fingerprint density at radius 3 is 2.76 bits per heavy atom. The lowest BCUT2D eigenvalue weighted by molar-refractivity contribution is -0.117. The lowest BCUT2D eigenvalue weighted by Gasteiger charge is -2.43. The van der Waals surface area contributed by atoms with E-state index >= 15 is 0 Å². The van der Waals surface area contributed by atoms with Crippen LogP contribution in [-0.2, 0) is 9.53 Å². The number of hydrogen-bond donors (Lipinski definition) is 2. The second kappa shape index (κ2) is 9.58. The molecule has 7 nitrogen and oxygen atoms in total. The van der Waals surface area contributed by atoms with E-state index in [2.05, 4.69) is 33.2 Å². The van der Waals surface area contributed by atoms with Gasteiger partial charge in [-0.2, -0.15) is 0 Å². The zero-order valence-corrected chi connectivity index (χ0v) is 21.4. The Morgan fingerprint density at radius 2 is 2.03 bits per heavy atom. The molecule has 1 aliphatic carbocycles. The highest BCUT2D eigenvalue weighted by molar-refractivity contribution is 6.32. The van der Waals surface area contributed by atoms with E-state index in [4.69, 9.17) is 16.3 Å². The molecule has 0 spiro atoms. The maximum absolute atomic E-state index is 13.5. The van der Waals surface area contributed by atoms with Gasteiger partial charge in [-0.3, -0.25) is 14.7 Å². The third-order valence-electron chi connectivity index (χ3n) is 8.38. The van der Waals surface area contributed by atoms with Gasteiger partial charge in [-0.05, 0) is 86.5 Å². The molecule has 3 fully saturated rings. The molecular weight excluding hydrogens is 495 g/mol. The number of nitrogens with zero attached hydrogens (tertiary/aromatic N) is 3. The van der Waals surface area contributed by atoms with E-state index in [1.54, 1.807) is 6.20 Å². The molecule has 3 aliphatic rings. The highest BCUT2D eigenvalue weighted by Crippen LogP contribution is 2.47. The standard InChI is InChI=1S/C28H30ClFN4O3/c1-28(15-37-14-25(28)35)34-6-3-16(4-7-34)20-8-17-10-26(32-13-18(17)9-23(20)29)33-27(36)22-12-21(22)24-11-19(30)2-5-31-24/h2,5,8-11,13,16,21-22,25,35H,3-4,6-7,12,14-15H2,1H3,(H,32,33,36)/t21-,22-,25+,28-/m1/s1. The first-order valence-electron chi connectivity index (χ1n) is 12.8. The van der Waals surface area contributed by atoms with E-state index < -0.39 is 6.10 Å². The number of benzene rings is 1. The predicted molar refractivity (Wildman–Crippen MR) is 139 cm³/mol. The van der Waals surface area contributed by atoms with Crippen molar-refractivity contribution >= 4 is 34.1 Å². The van der Waals surface area contributed by atoms with Crippen LogP contribution in [0, 0.1) is 11.7 Å². The molecule has 4 heterocycles. The van der Waals surface area contributed by atoms with Crippen LogP contribution < -0.4 is 5.32 Å². The number of halogens is 2. The summed E-state index contributed by atoms with van der Waals surface area (Å²) in [5.41, 5.74) is 1.38. The van der Waals surface area contributed by atoms with Gasteiger partial charge in [0.1, 0.15) is 11.6 Å². The fraction of sp³-hybridized carbons (Fsp3) is 0.464. The molecule has 3 aromatic rings. The van der Waals surface area contributed by atoms with Gasteiger partial charge in [-0.1, -0.05) is 11.6 Å². The number of pyridine rings is 2. The van der Waals surface area contributed by atoms with Crippen molar-refractivity contribution in [2.75, 3.05) is 31.6 Å². The van der Waals surface area contributed by atoms with Crippen LogP contribution in [-0.4, -0.2) is 63.8 Å². The van der Waals surface area contributed by atoms with Crippen molar-refractivity contribution in [3.63, 3.8) is 0 Å². The van der Waals surface area contributed by atoms with Gasteiger partial charge in [-0.15, -0.1) is 0 Å². The van der Waals surface area contributed by atoms with Crippen LogP contribution in [0.25, 0.3) is 10.8 Å². The van der Waals surface area contributed by atoms with E-state index in [-0.39, 0.29) is 29.1 Å². The van der Waals surface area contributed by atoms with E-state index in [1.807, 2.05) is 12.1 Å². The Labute approximate surface area is 220 Å². The summed E-state index contributed by atoms with van der Waals surface area (Å²) < 4.78 is 19.0. The molecule has 2 saturated heterocycles. The number of carbonyl (C=O) groups is 1. The Balaban J connectivity index is 1.14. The minimum Gasteiger partial charge on any atom is -0.389 e. The number of aliphatic hydroxyl groups excluding tert-OH is 1. The quantitative estimate of drug-likeness (QED) is 0.511. The van der Waals surface area contributed by atoms with Gasteiger partial charge in [0.05, 0.1) is 24.9 Å². The van der Waals surface area contributed by atoms with Crippen molar-refractivity contribution in [3.8, 4) is 0 Å². The minimum absolute atomic E-state index is 0.0633. The lowest BCUT2D eigenvalue weighted by atomic mass is 9.85. The largest absolute Gasteiger partial charge is 0.389 e. The molecule has 2 N–H and O–H groups in total. The summed E-state index contributed by atoms with van der Waals surface area (Å²) in [6.45, 7) is 4.77. The number of aliphatic hydroxyl groups is 1. The van der Waals surface area contributed by atoms with Crippen LogP contribution in [0.15, 0.2) is 42.7 Å². The zero-order valence-electron chi connectivity index (χ0n) is 20.7. The second-order valence-corrected chi connectivity index (χ2v) is 11.2. The fourth-order valence-corrected chi connectivity index (χ4v) is 6.20. The average Bonchev–Trinajstić information content (AvgIpc) is 3.63. The topological polar surface area (TPSA) is 87.6 Å². The van der Waals surface area contributed by atoms with E-state index in [9.17, 15) is 14.3 Å². The van der Waals surface area contributed by atoms with E-state index in [0.717, 1.165) is 47.3 Å². The van der Waals surface area contributed by atoms with Crippen molar-refractivity contribution in [2.24, 2.45) is 5.92 Å². The van der Waals surface area contributed by atoms with Gasteiger partial charge in [-0.25, -0.2) is 9.37 Å². The maximum atomic E-state index is 13.5. The molecule has 2 aromatic heterocycles. The number of nitrogens with one attached hydrogen (secondary N) is 1. The summed E-state index contributed by atoms with van der Waals surface area (Å²) >= 11 is 6.71. The van der Waals surface area contributed by atoms with Crippen LogP contribution in [0.4, 0.5) is 10.2 Å². The van der Waals surface area contributed by atoms with Crippen LogP contribution in [0.5, 0.6) is 0 Å². The van der Waals surface area contributed by atoms with Crippen LogP contribution in [0.2, 0.25) is 5.02 Å². The Kier molecular flexibility index (Phi) is 6.39. The Bertz CT molecular complexity index is 1350. The molecule has 9 heteroatoms. The molecule has 1 amide bonds. The summed E-state index contributed by atoms with van der Waals surface area (Å²) in [7, 11) is 0. The number of piperidine rings is 1. The molecule has 37 heavy (non-hydrogen) atoms. The smallest absolute Gasteiger partial charge is 0.229 e. The van der Waals surface area contributed by atoms with Gasteiger partial charge in [0.25, 0.3) is 0 Å². The number of aromatic nitrogens is 2. The van der Waals surface area contributed by atoms with Crippen LogP contribution in [0.1, 0.15) is 49.3 Å². The SMILES string of the molecule is C[C@@]1(N2CCC(c3cc4cc(NC(=O)[C@@H]5C[C@H]5c5cc(F)ccn5)ncc4cc3Cl)CC2)COC[C@@H]1O. The fourth-order valence-electron chi connectivity index (χ4n) is 5.88. The van der Waals surface area contributed by atoms with Crippen molar-refractivity contribution in [1.82, 2.24) is 14.9 Å². The summed E-state index contributed by atoms with van der Waals surface area (Å²) in [6, 6.07) is 8.64. The molecule has 1 saturated carbocycles. The third-order valence-corrected chi connectivity index (χ3v) is 8.71. The average molecular weight is 525 g/mol. The molecule has 4 atom stereocenters. The normalized spacial score (nSPS) is 28.5. The first kappa shape index (κ1) is 24.7. The first-order valence-corrected chi connectivity index (χ1v) is 13.2. The van der Waals surface area contributed by atoms with Gasteiger partial charge in [0.15, 0.2) is 0 Å². The first-order chi connectivity index (χ1) is 17.8. The molecule has 6 rings (SSSR count). The minimum atomic E-state index is -0.467. The van der Waals surface area contributed by atoms with Crippen molar-refractivity contribution in [1.29, 1.82) is 0 Å². The van der Waals surface area contributed by atoms with Gasteiger partial charge < -0.3 is 15.2 Å². The van der Waals surface area contributed by atoms with Gasteiger partial charge in [0, 0.05) is 40.3 Å². The molecular formula is C28H30ClFN4O3. The molecule has 194 valence electrons. The highest BCUT2D eigenvalue weighted by atomic mass is 35.5.